The number of allylic oxidation sites excluding steroid dienone is 2. The second-order valence-electron chi connectivity index (χ2n) is 17.8. The zero-order valence-electron chi connectivity index (χ0n) is 29.6. The minimum absolute atomic E-state index is 0.0426. The summed E-state index contributed by atoms with van der Waals surface area (Å²) < 4.78 is 0. The van der Waals surface area contributed by atoms with Crippen LogP contribution in [0.3, 0.4) is 0 Å². The fourth-order valence-electron chi connectivity index (χ4n) is 13.1. The second-order valence-corrected chi connectivity index (χ2v) is 17.8. The molecule has 0 aromatic heterocycles. The number of hydrogen-bond donors (Lipinski definition) is 4. The molecule has 4 fully saturated rings. The van der Waals surface area contributed by atoms with Gasteiger partial charge in [-0.3, -0.25) is 4.79 Å². The molecule has 4 saturated carbocycles. The molecule has 0 heterocycles. The first kappa shape index (κ1) is 34.2. The molecule has 47 heavy (non-hydrogen) atoms. The number of amides is 1. The molecule has 0 bridgehead atoms. The summed E-state index contributed by atoms with van der Waals surface area (Å²) >= 11 is 0. The topological polar surface area (TPSA) is 124 Å². The van der Waals surface area contributed by atoms with E-state index in [0.29, 0.717) is 35.2 Å². The number of aromatic carboxylic acids is 1. The first-order valence-electron chi connectivity index (χ1n) is 18.2. The molecule has 0 saturated heterocycles. The SMILES string of the molecule is CC(C)[C@@H]1CC[C@]2(C(=O)NCC(O)C(=O)O)CC[C@]3(C)[C@H](CC[C@@H]4[C@@]5(C)CC=C(c6ccc(C(=O)O)cc6)C(C)(C)[C@@H]5CC[C@]43C)[C@@H]12. The third kappa shape index (κ3) is 4.87. The van der Waals surface area contributed by atoms with Crippen LogP contribution in [0.2, 0.25) is 0 Å². The molecule has 1 amide bonds. The number of aliphatic hydroxyl groups excluding tert-OH is 1. The molecule has 0 spiro atoms. The fourth-order valence-corrected chi connectivity index (χ4v) is 13.1. The quantitative estimate of drug-likeness (QED) is 0.241. The van der Waals surface area contributed by atoms with Crippen molar-refractivity contribution in [3.63, 3.8) is 0 Å². The van der Waals surface area contributed by atoms with Gasteiger partial charge in [0.25, 0.3) is 0 Å². The van der Waals surface area contributed by atoms with E-state index in [4.69, 9.17) is 0 Å². The smallest absolute Gasteiger partial charge is 0.335 e. The van der Waals surface area contributed by atoms with Crippen molar-refractivity contribution in [2.75, 3.05) is 6.54 Å². The first-order valence-corrected chi connectivity index (χ1v) is 18.2. The van der Waals surface area contributed by atoms with Gasteiger partial charge in [0, 0.05) is 0 Å². The number of carboxylic acids is 2. The van der Waals surface area contributed by atoms with Crippen molar-refractivity contribution in [1.82, 2.24) is 5.32 Å². The van der Waals surface area contributed by atoms with Crippen LogP contribution in [-0.2, 0) is 9.59 Å². The summed E-state index contributed by atoms with van der Waals surface area (Å²) in [5, 5.41) is 31.6. The molecule has 7 nitrogen and oxygen atoms in total. The Labute approximate surface area is 281 Å². The van der Waals surface area contributed by atoms with Gasteiger partial charge >= 0.3 is 11.9 Å². The Kier molecular flexibility index (Phi) is 8.34. The lowest BCUT2D eigenvalue weighted by atomic mass is 9.32. The van der Waals surface area contributed by atoms with Crippen LogP contribution in [0.5, 0.6) is 0 Å². The average Bonchev–Trinajstić information content (AvgIpc) is 3.41. The van der Waals surface area contributed by atoms with E-state index in [1.54, 1.807) is 12.1 Å². The molecule has 0 aliphatic heterocycles. The summed E-state index contributed by atoms with van der Waals surface area (Å²) in [6, 6.07) is 7.43. The van der Waals surface area contributed by atoms with Crippen molar-refractivity contribution in [2.24, 2.45) is 62.6 Å². The molecule has 1 aromatic carbocycles. The third-order valence-electron chi connectivity index (χ3n) is 15.6. The van der Waals surface area contributed by atoms with Crippen molar-refractivity contribution in [2.45, 2.75) is 112 Å². The largest absolute Gasteiger partial charge is 0.479 e. The number of fused-ring (bicyclic) bond motifs is 7. The molecular formula is C40H57NO6. The highest BCUT2D eigenvalue weighted by atomic mass is 16.4. The third-order valence-corrected chi connectivity index (χ3v) is 15.6. The predicted molar refractivity (Wildman–Crippen MR) is 182 cm³/mol. The number of carbonyl (C=O) groups is 3. The van der Waals surface area contributed by atoms with Crippen LogP contribution in [0.15, 0.2) is 30.3 Å². The van der Waals surface area contributed by atoms with Gasteiger partial charge in [-0.05, 0) is 138 Å². The van der Waals surface area contributed by atoms with E-state index in [1.807, 2.05) is 12.1 Å². The average molecular weight is 648 g/mol. The van der Waals surface area contributed by atoms with Crippen molar-refractivity contribution < 1.29 is 29.7 Å². The van der Waals surface area contributed by atoms with Crippen LogP contribution in [0, 0.1) is 62.6 Å². The number of aliphatic hydroxyl groups is 1. The number of rotatable bonds is 7. The second kappa shape index (κ2) is 11.5. The molecule has 1 aromatic rings. The summed E-state index contributed by atoms with van der Waals surface area (Å²) in [5.74, 6) is 0.435. The van der Waals surface area contributed by atoms with Gasteiger partial charge in [-0.25, -0.2) is 9.59 Å². The normalized spacial score (nSPS) is 41.0. The number of carboxylic acid groups (broad SMARTS) is 2. The molecule has 4 N–H and O–H groups in total. The van der Waals surface area contributed by atoms with Crippen molar-refractivity contribution in [3.05, 3.63) is 41.5 Å². The van der Waals surface area contributed by atoms with Gasteiger partial charge < -0.3 is 20.6 Å². The van der Waals surface area contributed by atoms with E-state index >= 15 is 0 Å². The van der Waals surface area contributed by atoms with Crippen LogP contribution < -0.4 is 5.32 Å². The summed E-state index contributed by atoms with van der Waals surface area (Å²) in [4.78, 5) is 36.9. The van der Waals surface area contributed by atoms with Gasteiger partial charge in [-0.2, -0.15) is 0 Å². The van der Waals surface area contributed by atoms with Crippen molar-refractivity contribution >= 4 is 23.4 Å². The van der Waals surface area contributed by atoms with E-state index < -0.39 is 23.5 Å². The van der Waals surface area contributed by atoms with Gasteiger partial charge in [0.1, 0.15) is 0 Å². The summed E-state index contributed by atoms with van der Waals surface area (Å²) in [6.45, 7) is 16.9. The maximum Gasteiger partial charge on any atom is 0.335 e. The van der Waals surface area contributed by atoms with Crippen LogP contribution in [-0.4, -0.2) is 45.8 Å². The Morgan fingerprint density at radius 2 is 1.53 bits per heavy atom. The van der Waals surface area contributed by atoms with Gasteiger partial charge in [-0.1, -0.05) is 66.7 Å². The molecule has 6 rings (SSSR count). The monoisotopic (exact) mass is 647 g/mol. The molecule has 7 heteroatoms. The first-order chi connectivity index (χ1) is 21.9. The van der Waals surface area contributed by atoms with E-state index in [1.165, 1.54) is 12.0 Å². The number of benzene rings is 1. The fraction of sp³-hybridized carbons (Fsp3) is 0.725. The van der Waals surface area contributed by atoms with Crippen molar-refractivity contribution in [1.29, 1.82) is 0 Å². The van der Waals surface area contributed by atoms with E-state index in [-0.39, 0.29) is 40.0 Å². The molecular weight excluding hydrogens is 590 g/mol. The highest BCUT2D eigenvalue weighted by Crippen LogP contribution is 2.77. The molecule has 258 valence electrons. The Hall–Kier alpha value is -2.67. The van der Waals surface area contributed by atoms with Gasteiger partial charge in [0.2, 0.25) is 5.91 Å². The molecule has 0 radical (unpaired) electrons. The highest BCUT2D eigenvalue weighted by Gasteiger charge is 2.71. The van der Waals surface area contributed by atoms with Crippen LogP contribution in [0.4, 0.5) is 0 Å². The van der Waals surface area contributed by atoms with Gasteiger partial charge in [-0.15, -0.1) is 0 Å². The minimum atomic E-state index is -1.59. The Morgan fingerprint density at radius 1 is 0.851 bits per heavy atom. The lowest BCUT2D eigenvalue weighted by Gasteiger charge is -2.72. The zero-order chi connectivity index (χ0) is 34.3. The van der Waals surface area contributed by atoms with Crippen molar-refractivity contribution in [3.8, 4) is 0 Å². The van der Waals surface area contributed by atoms with E-state index in [2.05, 4.69) is 59.9 Å². The van der Waals surface area contributed by atoms with Crippen LogP contribution >= 0.6 is 0 Å². The van der Waals surface area contributed by atoms with Crippen LogP contribution in [0.25, 0.3) is 5.57 Å². The Morgan fingerprint density at radius 3 is 2.15 bits per heavy atom. The lowest BCUT2D eigenvalue weighted by molar-refractivity contribution is -0.227. The number of nitrogens with one attached hydrogen (secondary N) is 1. The number of aliphatic carboxylic acids is 1. The standard InChI is InChI=1S/C40H57NO6/c1-23(2)26-14-19-40(35(47)41-22-29(42)34(45)46)21-20-38(6)28(32(26)40)12-13-31-37(5)17-15-27(24-8-10-25(11-9-24)33(43)44)36(3,4)30(37)16-18-39(31,38)7/h8-11,15,23,26,28-32,42H,12-14,16-22H2,1-7H3,(H,41,47)(H,43,44)(H,45,46)/t26-,28+,29?,30-,31+,32+,37-,38+,39+,40-/m0/s1. The molecule has 10 atom stereocenters. The molecule has 5 aliphatic carbocycles. The summed E-state index contributed by atoms with van der Waals surface area (Å²) in [5.41, 5.74) is 2.61. The maximum atomic E-state index is 14.1. The zero-order valence-corrected chi connectivity index (χ0v) is 29.6. The molecule has 5 aliphatic rings. The highest BCUT2D eigenvalue weighted by molar-refractivity contribution is 5.88. The Bertz CT molecular complexity index is 1460. The van der Waals surface area contributed by atoms with Gasteiger partial charge in [0.05, 0.1) is 17.5 Å². The lowest BCUT2D eigenvalue weighted by Crippen LogP contribution is -2.66. The number of hydrogen-bond acceptors (Lipinski definition) is 4. The molecule has 1 unspecified atom stereocenters. The van der Waals surface area contributed by atoms with Gasteiger partial charge in [0.15, 0.2) is 6.10 Å². The predicted octanol–water partition coefficient (Wildman–Crippen LogP) is 7.68. The Balaban J connectivity index is 1.33. The van der Waals surface area contributed by atoms with E-state index in [9.17, 15) is 29.7 Å². The number of carbonyl (C=O) groups excluding carboxylic acids is 1. The summed E-state index contributed by atoms with van der Waals surface area (Å²) in [6.07, 6.45) is 10.2. The van der Waals surface area contributed by atoms with E-state index in [0.717, 1.165) is 56.9 Å². The summed E-state index contributed by atoms with van der Waals surface area (Å²) in [7, 11) is 0. The minimum Gasteiger partial charge on any atom is -0.479 e. The maximum absolute atomic E-state index is 14.1. The van der Waals surface area contributed by atoms with Crippen LogP contribution in [0.1, 0.15) is 122 Å².